The molecule has 31 heavy (non-hydrogen) atoms. The smallest absolute Gasteiger partial charge is 0.361 e. The maximum absolute atomic E-state index is 13.4. The zero-order valence-electron chi connectivity index (χ0n) is 18.4. The van der Waals surface area contributed by atoms with Crippen molar-refractivity contribution in [1.82, 2.24) is 14.8 Å². The topological polar surface area (TPSA) is 42.7 Å². The van der Waals surface area contributed by atoms with Crippen LogP contribution in [-0.2, 0) is 6.54 Å². The fourth-order valence-corrected chi connectivity index (χ4v) is 3.74. The molecule has 2 aromatic rings. The number of halogens is 3. The Morgan fingerprint density at radius 3 is 2.77 bits per heavy atom. The van der Waals surface area contributed by atoms with Gasteiger partial charge < -0.3 is 5.32 Å². The monoisotopic (exact) mass is 430 g/mol. The normalized spacial score (nSPS) is 17.8. The van der Waals surface area contributed by atoms with Crippen molar-refractivity contribution in [1.29, 1.82) is 0 Å². The molecule has 0 amide bonds. The lowest BCUT2D eigenvalue weighted by molar-refractivity contribution is -0.0883. The number of alkyl halides is 3. The molecule has 3 heterocycles. The largest absolute Gasteiger partial charge is 0.416 e. The van der Waals surface area contributed by atoms with E-state index < -0.39 is 11.7 Å². The highest BCUT2D eigenvalue weighted by Gasteiger charge is 2.32. The Bertz CT molecular complexity index is 1010. The van der Waals surface area contributed by atoms with Crippen LogP contribution in [0.2, 0.25) is 0 Å². The van der Waals surface area contributed by atoms with E-state index in [1.165, 1.54) is 12.2 Å². The molecule has 0 saturated heterocycles. The molecule has 0 aliphatic carbocycles. The van der Waals surface area contributed by atoms with E-state index in [-0.39, 0.29) is 6.04 Å². The summed E-state index contributed by atoms with van der Waals surface area (Å²) in [7, 11) is 0. The van der Waals surface area contributed by atoms with Crippen LogP contribution < -0.4 is 5.32 Å². The van der Waals surface area contributed by atoms with E-state index in [4.69, 9.17) is 0 Å². The van der Waals surface area contributed by atoms with Gasteiger partial charge in [0.2, 0.25) is 0 Å². The Balaban J connectivity index is 1.98. The summed E-state index contributed by atoms with van der Waals surface area (Å²) in [5.74, 6) is 0.829. The molecule has 1 aliphatic heterocycles. The molecule has 2 aromatic heterocycles. The van der Waals surface area contributed by atoms with Crippen molar-refractivity contribution in [2.24, 2.45) is 0 Å². The molecular weight excluding hydrogens is 401 g/mol. The minimum absolute atomic E-state index is 0.00289. The second-order valence-corrected chi connectivity index (χ2v) is 7.78. The minimum Gasteiger partial charge on any atom is -0.361 e. The number of nitrogens with one attached hydrogen (secondary N) is 1. The predicted octanol–water partition coefficient (Wildman–Crippen LogP) is 6.70. The highest BCUT2D eigenvalue weighted by Crippen LogP contribution is 2.34. The third-order valence-corrected chi connectivity index (χ3v) is 5.52. The first-order valence-electron chi connectivity index (χ1n) is 10.6. The second kappa shape index (κ2) is 9.54. The number of hydrogen-bond acceptors (Lipinski definition) is 3. The molecule has 0 aromatic carbocycles. The first kappa shape index (κ1) is 22.8. The minimum atomic E-state index is -4.40. The second-order valence-electron chi connectivity index (χ2n) is 7.78. The zero-order chi connectivity index (χ0) is 22.6. The number of aromatic nitrogens is 3. The van der Waals surface area contributed by atoms with Gasteiger partial charge in [0.1, 0.15) is 5.82 Å². The summed E-state index contributed by atoms with van der Waals surface area (Å²) in [6.45, 7) is 8.30. The van der Waals surface area contributed by atoms with Gasteiger partial charge in [-0.15, -0.1) is 0 Å². The van der Waals surface area contributed by atoms with E-state index in [2.05, 4.69) is 15.4 Å². The quantitative estimate of drug-likeness (QED) is 0.519. The van der Waals surface area contributed by atoms with Crippen molar-refractivity contribution < 1.29 is 13.2 Å². The number of allylic oxidation sites excluding steroid dienone is 6. The number of nitrogens with zero attached hydrogens (tertiary/aromatic N) is 3. The van der Waals surface area contributed by atoms with Crippen molar-refractivity contribution in [3.63, 3.8) is 0 Å². The third-order valence-electron chi connectivity index (χ3n) is 5.52. The van der Waals surface area contributed by atoms with Crippen LogP contribution in [0.5, 0.6) is 0 Å². The Kier molecular flexibility index (Phi) is 7.03. The van der Waals surface area contributed by atoms with Gasteiger partial charge in [0.15, 0.2) is 0 Å². The van der Waals surface area contributed by atoms with E-state index in [1.807, 2.05) is 30.7 Å². The fourth-order valence-electron chi connectivity index (χ4n) is 3.74. The highest BCUT2D eigenvalue weighted by molar-refractivity contribution is 5.74. The fraction of sp³-hybridized carbons (Fsp3) is 0.417. The molecule has 1 aliphatic rings. The molecule has 0 fully saturated rings. The molecule has 1 N–H and O–H groups in total. The Morgan fingerprint density at radius 1 is 1.32 bits per heavy atom. The highest BCUT2D eigenvalue weighted by atomic mass is 19.4. The average molecular weight is 431 g/mol. The van der Waals surface area contributed by atoms with E-state index in [0.29, 0.717) is 17.7 Å². The van der Waals surface area contributed by atoms with Crippen molar-refractivity contribution in [3.8, 4) is 0 Å². The van der Waals surface area contributed by atoms with Crippen LogP contribution in [0.15, 0.2) is 48.2 Å². The number of fused-ring (bicyclic) bond motifs is 1. The van der Waals surface area contributed by atoms with Crippen molar-refractivity contribution in [2.75, 3.05) is 5.32 Å². The standard InChI is InChI=1S/C24H29F3N4/c1-5-8-18(14-19(9-6-2)24(25,26)27)21-15-22-20(10-7-13-31(22)30-21)29-23-17(4)16(3)11-12-28-23/h5,8-9,11-12,14-15,20H,6-7,10,13H2,1-4H3,(H,28,29)/b8-5-,18-14+,19-9-. The van der Waals surface area contributed by atoms with E-state index in [1.54, 1.807) is 32.2 Å². The molecule has 166 valence electrons. The summed E-state index contributed by atoms with van der Waals surface area (Å²) in [6, 6.07) is 3.87. The third kappa shape index (κ3) is 5.27. The van der Waals surface area contributed by atoms with Gasteiger partial charge in [-0.3, -0.25) is 4.68 Å². The maximum atomic E-state index is 13.4. The average Bonchev–Trinajstić information content (AvgIpc) is 3.15. The van der Waals surface area contributed by atoms with Crippen molar-refractivity contribution >= 4 is 11.4 Å². The van der Waals surface area contributed by atoms with Gasteiger partial charge in [-0.05, 0) is 69.4 Å². The van der Waals surface area contributed by atoms with Crippen LogP contribution in [0.1, 0.15) is 61.7 Å². The first-order chi connectivity index (χ1) is 14.7. The lowest BCUT2D eigenvalue weighted by Crippen LogP contribution is -2.22. The van der Waals surface area contributed by atoms with E-state index in [0.717, 1.165) is 42.0 Å². The molecule has 7 heteroatoms. The Morgan fingerprint density at radius 2 is 2.10 bits per heavy atom. The van der Waals surface area contributed by atoms with Crippen LogP contribution in [0.3, 0.4) is 0 Å². The van der Waals surface area contributed by atoms with Crippen LogP contribution in [-0.4, -0.2) is 20.9 Å². The molecule has 0 bridgehead atoms. The van der Waals surface area contributed by atoms with Gasteiger partial charge in [0, 0.05) is 18.3 Å². The molecule has 0 spiro atoms. The first-order valence-corrected chi connectivity index (χ1v) is 10.6. The lowest BCUT2D eigenvalue weighted by atomic mass is 10.0. The molecule has 1 unspecified atom stereocenters. The van der Waals surface area contributed by atoms with E-state index >= 15 is 0 Å². The number of pyridine rings is 1. The molecule has 0 radical (unpaired) electrons. The van der Waals surface area contributed by atoms with Gasteiger partial charge in [-0.2, -0.15) is 18.3 Å². The van der Waals surface area contributed by atoms with Gasteiger partial charge in [-0.1, -0.05) is 25.2 Å². The van der Waals surface area contributed by atoms with Crippen molar-refractivity contribution in [3.05, 3.63) is 70.7 Å². The van der Waals surface area contributed by atoms with Crippen LogP contribution >= 0.6 is 0 Å². The number of rotatable bonds is 6. The molecule has 0 saturated carbocycles. The summed E-state index contributed by atoms with van der Waals surface area (Å²) >= 11 is 0. The molecule has 3 rings (SSSR count). The van der Waals surface area contributed by atoms with Crippen molar-refractivity contribution in [2.45, 2.75) is 65.7 Å². The van der Waals surface area contributed by atoms with Crippen LogP contribution in [0.25, 0.3) is 5.57 Å². The molecule has 1 atom stereocenters. The summed E-state index contributed by atoms with van der Waals surface area (Å²) in [4.78, 5) is 4.47. The van der Waals surface area contributed by atoms with Gasteiger partial charge in [0.05, 0.1) is 23.0 Å². The van der Waals surface area contributed by atoms with Crippen LogP contribution in [0.4, 0.5) is 19.0 Å². The van der Waals surface area contributed by atoms with Gasteiger partial charge in [-0.25, -0.2) is 4.98 Å². The van der Waals surface area contributed by atoms with Crippen LogP contribution in [0, 0.1) is 13.8 Å². The summed E-state index contributed by atoms with van der Waals surface area (Å²) in [5.41, 5.74) is 3.55. The number of hydrogen-bond donors (Lipinski definition) is 1. The van der Waals surface area contributed by atoms with E-state index in [9.17, 15) is 13.2 Å². The Labute approximate surface area is 181 Å². The summed E-state index contributed by atoms with van der Waals surface area (Å²) < 4.78 is 42.2. The predicted molar refractivity (Wildman–Crippen MR) is 119 cm³/mol. The number of aryl methyl sites for hydroxylation is 2. The molecule has 4 nitrogen and oxygen atoms in total. The molecular formula is C24H29F3N4. The lowest BCUT2D eigenvalue weighted by Gasteiger charge is -2.25. The SMILES string of the molecule is C\C=C/C(=C\C(=C\CC)C(F)(F)F)c1cc2n(n1)CCCC2Nc1nccc(C)c1C. The Hall–Kier alpha value is -2.83. The van der Waals surface area contributed by atoms with Gasteiger partial charge >= 0.3 is 6.18 Å². The maximum Gasteiger partial charge on any atom is 0.416 e. The zero-order valence-corrected chi connectivity index (χ0v) is 18.4. The summed E-state index contributed by atoms with van der Waals surface area (Å²) in [6.07, 6.45) is 5.33. The number of anilines is 1. The van der Waals surface area contributed by atoms with Gasteiger partial charge in [0.25, 0.3) is 0 Å². The summed E-state index contributed by atoms with van der Waals surface area (Å²) in [5, 5.41) is 8.15.